The highest BCUT2D eigenvalue weighted by atomic mass is 127. The minimum Gasteiger partial charge on any atom is -0.493 e. The lowest BCUT2D eigenvalue weighted by Crippen LogP contribution is -2.48. The van der Waals surface area contributed by atoms with Gasteiger partial charge in [-0.3, -0.25) is 14.4 Å². The molecule has 0 aliphatic carbocycles. The number of halogens is 1. The van der Waals surface area contributed by atoms with Crippen LogP contribution in [0.1, 0.15) is 34.6 Å². The predicted octanol–water partition coefficient (Wildman–Crippen LogP) is 3.63. The first-order chi connectivity index (χ1) is 21.3. The largest absolute Gasteiger partial charge is 0.493 e. The van der Waals surface area contributed by atoms with E-state index in [0.29, 0.717) is 0 Å². The fraction of sp³-hybridized carbons (Fsp3) is 0.200. The molecule has 0 aromatic heterocycles. The van der Waals surface area contributed by atoms with Crippen molar-refractivity contribution in [3.05, 3.63) is 75.4 Å². The van der Waals surface area contributed by atoms with Gasteiger partial charge in [0.25, 0.3) is 5.91 Å². The molecule has 0 fully saturated rings. The first-order valence-corrected chi connectivity index (χ1v) is 13.8. The van der Waals surface area contributed by atoms with E-state index in [-0.39, 0.29) is 39.8 Å². The highest BCUT2D eigenvalue weighted by Crippen LogP contribution is 2.30. The van der Waals surface area contributed by atoms with Crippen LogP contribution in [0, 0.1) is 3.57 Å². The maximum Gasteiger partial charge on any atom is 0.349 e. The lowest BCUT2D eigenvalue weighted by Gasteiger charge is -2.24. The molecule has 45 heavy (non-hydrogen) atoms. The minimum atomic E-state index is -2.34. The highest BCUT2D eigenvalue weighted by molar-refractivity contribution is 14.1. The van der Waals surface area contributed by atoms with Crippen LogP contribution < -0.4 is 24.3 Å². The zero-order chi connectivity index (χ0) is 33.3. The molecule has 0 heterocycles. The maximum absolute atomic E-state index is 13.4. The number of carbonyl (C=O) groups excluding carboxylic acids is 5. The number of benzene rings is 3. The molecule has 14 nitrogen and oxygen atoms in total. The standard InChI is InChI=1S/C30H26INO13/c1-15(33)42-21-10-8-17(12-23(21)40-3)29(38)44-25(27(35)32-20-7-5-6-19(31)14-20)26(28(36)37)45-30(39)18-9-11-22(43-16(2)34)24(13-18)41-4/h5-14,25-26H,1-4H3,(H,32,35)(H,36,37)/t25-,26+/m1/s1. The van der Waals surface area contributed by atoms with Crippen LogP contribution in [0.25, 0.3) is 0 Å². The first-order valence-electron chi connectivity index (χ1n) is 12.8. The normalized spacial score (nSPS) is 11.7. The van der Waals surface area contributed by atoms with E-state index < -0.39 is 48.0 Å². The number of hydrogen-bond acceptors (Lipinski definition) is 12. The van der Waals surface area contributed by atoms with E-state index in [0.717, 1.165) is 29.6 Å². The molecular formula is C30H26INO13. The molecule has 3 rings (SSSR count). The van der Waals surface area contributed by atoms with Crippen molar-refractivity contribution < 1.29 is 62.3 Å². The number of hydrogen-bond donors (Lipinski definition) is 2. The third-order valence-corrected chi connectivity index (χ3v) is 6.31. The number of methoxy groups -OCH3 is 2. The van der Waals surface area contributed by atoms with Crippen LogP contribution in [0.2, 0.25) is 0 Å². The summed E-state index contributed by atoms with van der Waals surface area (Å²) in [6, 6.07) is 13.5. The summed E-state index contributed by atoms with van der Waals surface area (Å²) in [5, 5.41) is 12.5. The average Bonchev–Trinajstić information content (AvgIpc) is 2.98. The molecule has 0 saturated heterocycles. The fourth-order valence-corrected chi connectivity index (χ4v) is 4.25. The van der Waals surface area contributed by atoms with E-state index in [2.05, 4.69) is 5.32 Å². The van der Waals surface area contributed by atoms with Crippen LogP contribution in [0.5, 0.6) is 23.0 Å². The van der Waals surface area contributed by atoms with Gasteiger partial charge in [-0.2, -0.15) is 0 Å². The van der Waals surface area contributed by atoms with Gasteiger partial charge in [-0.1, -0.05) is 6.07 Å². The molecule has 0 aliphatic heterocycles. The van der Waals surface area contributed by atoms with Gasteiger partial charge in [-0.15, -0.1) is 0 Å². The number of carboxylic acid groups (broad SMARTS) is 1. The van der Waals surface area contributed by atoms with Crippen LogP contribution in [-0.2, 0) is 28.7 Å². The number of rotatable bonds is 12. The molecule has 15 heteroatoms. The molecule has 0 radical (unpaired) electrons. The SMILES string of the molecule is COc1cc(C(=O)O[C@H](C(=O)O)[C@@H](OC(=O)c2ccc(OC(C)=O)c(OC)c2)C(=O)Nc2cccc(I)c2)ccc1OC(C)=O. The summed E-state index contributed by atoms with van der Waals surface area (Å²) in [6.07, 6.45) is -4.55. The number of nitrogens with one attached hydrogen (secondary N) is 1. The van der Waals surface area contributed by atoms with Crippen molar-refractivity contribution in [3.8, 4) is 23.0 Å². The monoisotopic (exact) mass is 735 g/mol. The predicted molar refractivity (Wildman–Crippen MR) is 162 cm³/mol. The molecule has 0 aliphatic rings. The van der Waals surface area contributed by atoms with E-state index in [9.17, 15) is 33.9 Å². The van der Waals surface area contributed by atoms with Gasteiger partial charge in [-0.05, 0) is 77.2 Å². The summed E-state index contributed by atoms with van der Waals surface area (Å²) in [5.74, 6) is -6.79. The number of carboxylic acids is 1. The van der Waals surface area contributed by atoms with Gasteiger partial charge in [0.15, 0.2) is 23.0 Å². The number of aliphatic carboxylic acids is 1. The van der Waals surface area contributed by atoms with Crippen molar-refractivity contribution in [3.63, 3.8) is 0 Å². The third-order valence-electron chi connectivity index (χ3n) is 5.64. The Kier molecular flexibility index (Phi) is 11.8. The summed E-state index contributed by atoms with van der Waals surface area (Å²) >= 11 is 1.99. The number of anilines is 1. The molecule has 3 aromatic carbocycles. The smallest absolute Gasteiger partial charge is 0.349 e. The lowest BCUT2D eigenvalue weighted by atomic mass is 10.1. The van der Waals surface area contributed by atoms with Crippen LogP contribution in [0.4, 0.5) is 5.69 Å². The number of ether oxygens (including phenoxy) is 6. The summed E-state index contributed by atoms with van der Waals surface area (Å²) in [6.45, 7) is 2.32. The van der Waals surface area contributed by atoms with E-state index in [4.69, 9.17) is 28.4 Å². The Morgan fingerprint density at radius 1 is 0.689 bits per heavy atom. The Bertz CT molecular complexity index is 1640. The number of carbonyl (C=O) groups is 6. The Balaban J connectivity index is 1.97. The van der Waals surface area contributed by atoms with Crippen molar-refractivity contribution in [1.82, 2.24) is 0 Å². The topological polar surface area (TPSA) is 190 Å². The van der Waals surface area contributed by atoms with Gasteiger partial charge in [0.1, 0.15) is 0 Å². The van der Waals surface area contributed by atoms with Gasteiger partial charge in [-0.25, -0.2) is 14.4 Å². The molecule has 3 aromatic rings. The molecule has 0 saturated carbocycles. The Labute approximate surface area is 269 Å². The second-order valence-electron chi connectivity index (χ2n) is 8.91. The fourth-order valence-electron chi connectivity index (χ4n) is 3.71. The van der Waals surface area contributed by atoms with E-state index >= 15 is 0 Å². The zero-order valence-corrected chi connectivity index (χ0v) is 26.3. The van der Waals surface area contributed by atoms with Crippen LogP contribution in [-0.4, -0.2) is 67.3 Å². The van der Waals surface area contributed by atoms with Crippen LogP contribution >= 0.6 is 22.6 Å². The summed E-state index contributed by atoms with van der Waals surface area (Å²) in [4.78, 5) is 74.8. The van der Waals surface area contributed by atoms with Crippen LogP contribution in [0.3, 0.4) is 0 Å². The van der Waals surface area contributed by atoms with E-state index in [1.54, 1.807) is 18.2 Å². The number of esters is 4. The molecule has 236 valence electrons. The Morgan fingerprint density at radius 3 is 1.60 bits per heavy atom. The van der Waals surface area contributed by atoms with Crippen molar-refractivity contribution in [2.45, 2.75) is 26.1 Å². The zero-order valence-electron chi connectivity index (χ0n) is 24.2. The second kappa shape index (κ2) is 15.5. The first kappa shape index (κ1) is 34.3. The van der Waals surface area contributed by atoms with Gasteiger partial charge in [0, 0.05) is 23.1 Å². The third kappa shape index (κ3) is 9.40. The quantitative estimate of drug-likeness (QED) is 0.156. The van der Waals surface area contributed by atoms with E-state index in [1.807, 2.05) is 22.6 Å². The molecule has 0 bridgehead atoms. The summed E-state index contributed by atoms with van der Waals surface area (Å²) < 4.78 is 31.5. The van der Waals surface area contributed by atoms with Gasteiger partial charge in [0.05, 0.1) is 25.3 Å². The molecule has 1 amide bonds. The molecule has 0 unspecified atom stereocenters. The van der Waals surface area contributed by atoms with Crippen molar-refractivity contribution in [2.24, 2.45) is 0 Å². The van der Waals surface area contributed by atoms with Crippen molar-refractivity contribution >= 4 is 64.0 Å². The highest BCUT2D eigenvalue weighted by Gasteiger charge is 2.41. The van der Waals surface area contributed by atoms with Crippen LogP contribution in [0.15, 0.2) is 60.7 Å². The van der Waals surface area contributed by atoms with Gasteiger partial charge >= 0.3 is 29.8 Å². The minimum absolute atomic E-state index is 0.0120. The maximum atomic E-state index is 13.4. The lowest BCUT2D eigenvalue weighted by molar-refractivity contribution is -0.157. The summed E-state index contributed by atoms with van der Waals surface area (Å²) in [5.41, 5.74) is -0.208. The molecule has 2 N–H and O–H groups in total. The Hall–Kier alpha value is -5.19. The van der Waals surface area contributed by atoms with Gasteiger partial charge < -0.3 is 38.8 Å². The van der Waals surface area contributed by atoms with Crippen molar-refractivity contribution in [2.75, 3.05) is 19.5 Å². The second-order valence-corrected chi connectivity index (χ2v) is 10.2. The summed E-state index contributed by atoms with van der Waals surface area (Å²) in [7, 11) is 2.50. The molecule has 0 spiro atoms. The average molecular weight is 735 g/mol. The van der Waals surface area contributed by atoms with Gasteiger partial charge in [0.2, 0.25) is 12.2 Å². The Morgan fingerprint density at radius 2 is 1.18 bits per heavy atom. The van der Waals surface area contributed by atoms with E-state index in [1.165, 1.54) is 44.6 Å². The number of amides is 1. The molecule has 2 atom stereocenters. The molecular weight excluding hydrogens is 709 g/mol. The van der Waals surface area contributed by atoms with Crippen molar-refractivity contribution in [1.29, 1.82) is 0 Å².